The monoisotopic (exact) mass is 360 g/mol. The van der Waals surface area contributed by atoms with Crippen molar-refractivity contribution in [3.8, 4) is 0 Å². The van der Waals surface area contributed by atoms with E-state index in [1.54, 1.807) is 11.6 Å². The number of aromatic nitrogens is 1. The largest absolute Gasteiger partial charge is 0.351 e. The first-order valence-electron chi connectivity index (χ1n) is 9.53. The fourth-order valence-corrected chi connectivity index (χ4v) is 4.35. The summed E-state index contributed by atoms with van der Waals surface area (Å²) >= 11 is 0. The van der Waals surface area contributed by atoms with Gasteiger partial charge in [-0.05, 0) is 24.5 Å². The van der Waals surface area contributed by atoms with Crippen molar-refractivity contribution in [2.45, 2.75) is 31.1 Å². The van der Waals surface area contributed by atoms with E-state index in [2.05, 4.69) is 29.6 Å². The van der Waals surface area contributed by atoms with Gasteiger partial charge in [0.05, 0.1) is 11.1 Å². The van der Waals surface area contributed by atoms with Crippen molar-refractivity contribution >= 4 is 16.8 Å². The number of aryl methyl sites for hydroxylation is 1. The average molecular weight is 360 g/mol. The second kappa shape index (κ2) is 7.03. The first-order valence-corrected chi connectivity index (χ1v) is 9.53. The van der Waals surface area contributed by atoms with Gasteiger partial charge < -0.3 is 9.88 Å². The molecule has 1 aliphatic rings. The zero-order chi connectivity index (χ0) is 18.9. The van der Waals surface area contributed by atoms with E-state index in [0.717, 1.165) is 23.7 Å². The summed E-state index contributed by atoms with van der Waals surface area (Å²) < 4.78 is 1.58. The molecule has 1 N–H and O–H groups in total. The van der Waals surface area contributed by atoms with Crippen LogP contribution < -0.4 is 10.9 Å². The molecule has 0 bridgehead atoms. The molecule has 0 aliphatic heterocycles. The van der Waals surface area contributed by atoms with Crippen molar-refractivity contribution in [3.63, 3.8) is 0 Å². The molecular weight excluding hydrogens is 336 g/mol. The molecule has 1 fully saturated rings. The second-order valence-corrected chi connectivity index (χ2v) is 7.51. The van der Waals surface area contributed by atoms with Crippen LogP contribution in [0.25, 0.3) is 10.9 Å². The third-order valence-electron chi connectivity index (χ3n) is 5.93. The second-order valence-electron chi connectivity index (χ2n) is 7.51. The highest BCUT2D eigenvalue weighted by Gasteiger charge is 2.35. The van der Waals surface area contributed by atoms with Crippen LogP contribution in [0.3, 0.4) is 0 Å². The molecule has 0 saturated heterocycles. The number of hydrogen-bond donors (Lipinski definition) is 1. The lowest BCUT2D eigenvalue weighted by atomic mass is 9.79. The number of carbonyl (C=O) groups is 1. The summed E-state index contributed by atoms with van der Waals surface area (Å²) in [7, 11) is 1.73. The van der Waals surface area contributed by atoms with Gasteiger partial charge in [0.2, 0.25) is 0 Å². The van der Waals surface area contributed by atoms with E-state index >= 15 is 0 Å². The van der Waals surface area contributed by atoms with Crippen molar-refractivity contribution in [2.24, 2.45) is 7.05 Å². The van der Waals surface area contributed by atoms with Gasteiger partial charge in [-0.15, -0.1) is 0 Å². The van der Waals surface area contributed by atoms with Crippen LogP contribution in [0.2, 0.25) is 0 Å². The molecule has 4 heteroatoms. The minimum Gasteiger partial charge on any atom is -0.351 e. The Kier molecular flexibility index (Phi) is 4.56. The van der Waals surface area contributed by atoms with Crippen molar-refractivity contribution in [3.05, 3.63) is 82.1 Å². The molecule has 27 heavy (non-hydrogen) atoms. The summed E-state index contributed by atoms with van der Waals surface area (Å²) in [4.78, 5) is 25.3. The number of para-hydroxylation sites is 1. The minimum atomic E-state index is -0.175. The van der Waals surface area contributed by atoms with Gasteiger partial charge >= 0.3 is 0 Å². The molecular formula is C23H24N2O2. The van der Waals surface area contributed by atoms with Gasteiger partial charge in [-0.2, -0.15) is 0 Å². The molecule has 4 nitrogen and oxygen atoms in total. The predicted octanol–water partition coefficient (Wildman–Crippen LogP) is 3.78. The van der Waals surface area contributed by atoms with E-state index < -0.39 is 0 Å². The maximum absolute atomic E-state index is 13.0. The van der Waals surface area contributed by atoms with Gasteiger partial charge in [0, 0.05) is 30.5 Å². The van der Waals surface area contributed by atoms with Gasteiger partial charge in [0.25, 0.3) is 11.5 Å². The zero-order valence-corrected chi connectivity index (χ0v) is 15.6. The normalized spacial score (nSPS) is 15.7. The van der Waals surface area contributed by atoms with Gasteiger partial charge in [0.1, 0.15) is 0 Å². The highest BCUT2D eigenvalue weighted by Crippen LogP contribution is 2.40. The molecule has 0 atom stereocenters. The Morgan fingerprint density at radius 3 is 2.44 bits per heavy atom. The number of rotatable bonds is 4. The molecule has 0 radical (unpaired) electrons. The maximum atomic E-state index is 13.0. The van der Waals surface area contributed by atoms with E-state index in [1.807, 2.05) is 30.3 Å². The Bertz CT molecular complexity index is 1030. The number of nitrogens with one attached hydrogen (secondary N) is 1. The summed E-state index contributed by atoms with van der Waals surface area (Å²) in [5.41, 5.74) is 2.34. The Hall–Kier alpha value is -2.88. The quantitative estimate of drug-likeness (QED) is 0.770. The molecule has 4 rings (SSSR count). The Labute approximate surface area is 158 Å². The van der Waals surface area contributed by atoms with E-state index in [4.69, 9.17) is 0 Å². The summed E-state index contributed by atoms with van der Waals surface area (Å²) in [6.07, 6.45) is 4.52. The van der Waals surface area contributed by atoms with Crippen LogP contribution in [0, 0.1) is 0 Å². The summed E-state index contributed by atoms with van der Waals surface area (Å²) in [6, 6.07) is 19.5. The maximum Gasteiger partial charge on any atom is 0.252 e. The number of nitrogens with zero attached hydrogens (tertiary/aromatic N) is 1. The standard InChI is InChI=1S/C23H24N2O2/c1-25-20-12-6-5-11-18(20)19(15-21(25)26)22(27)24-16-23(13-7-8-14-23)17-9-3-2-4-10-17/h2-6,9-12,15H,7-8,13-14,16H2,1H3,(H,24,27). The number of pyridine rings is 1. The first kappa shape index (κ1) is 17.5. The van der Waals surface area contributed by atoms with Crippen LogP contribution in [0.4, 0.5) is 0 Å². The fraction of sp³-hybridized carbons (Fsp3) is 0.304. The van der Waals surface area contributed by atoms with Crippen LogP contribution in [0.1, 0.15) is 41.6 Å². The molecule has 0 spiro atoms. The molecule has 3 aromatic rings. The Morgan fingerprint density at radius 2 is 1.70 bits per heavy atom. The third-order valence-corrected chi connectivity index (χ3v) is 5.93. The van der Waals surface area contributed by atoms with Crippen molar-refractivity contribution < 1.29 is 4.79 Å². The highest BCUT2D eigenvalue weighted by atomic mass is 16.2. The van der Waals surface area contributed by atoms with Gasteiger partial charge in [0.15, 0.2) is 0 Å². The van der Waals surface area contributed by atoms with Crippen molar-refractivity contribution in [2.75, 3.05) is 6.54 Å². The number of carbonyl (C=O) groups excluding carboxylic acids is 1. The molecule has 1 heterocycles. The lowest BCUT2D eigenvalue weighted by Crippen LogP contribution is -2.39. The highest BCUT2D eigenvalue weighted by molar-refractivity contribution is 6.06. The average Bonchev–Trinajstić information content (AvgIpc) is 3.20. The molecule has 1 aliphatic carbocycles. The first-order chi connectivity index (χ1) is 13.1. The topological polar surface area (TPSA) is 51.1 Å². The lowest BCUT2D eigenvalue weighted by molar-refractivity contribution is 0.0944. The number of fused-ring (bicyclic) bond motifs is 1. The number of amides is 1. The van der Waals surface area contributed by atoms with E-state index in [1.165, 1.54) is 24.5 Å². The van der Waals surface area contributed by atoms with E-state index in [-0.39, 0.29) is 16.9 Å². The molecule has 0 unspecified atom stereocenters. The Balaban J connectivity index is 1.64. The van der Waals surface area contributed by atoms with Gasteiger partial charge in [-0.1, -0.05) is 61.4 Å². The van der Waals surface area contributed by atoms with Crippen LogP contribution >= 0.6 is 0 Å². The minimum absolute atomic E-state index is 0.00747. The molecule has 1 amide bonds. The Morgan fingerprint density at radius 1 is 1.04 bits per heavy atom. The number of hydrogen-bond acceptors (Lipinski definition) is 2. The van der Waals surface area contributed by atoms with Crippen LogP contribution in [-0.4, -0.2) is 17.0 Å². The van der Waals surface area contributed by atoms with Crippen LogP contribution in [-0.2, 0) is 12.5 Å². The van der Waals surface area contributed by atoms with Crippen molar-refractivity contribution in [1.29, 1.82) is 0 Å². The molecule has 2 aromatic carbocycles. The van der Waals surface area contributed by atoms with E-state index in [9.17, 15) is 9.59 Å². The number of benzene rings is 2. The summed E-state index contributed by atoms with van der Waals surface area (Å²) in [5.74, 6) is -0.175. The SMILES string of the molecule is Cn1c(=O)cc(C(=O)NCC2(c3ccccc3)CCCC2)c2ccccc21. The fourth-order valence-electron chi connectivity index (χ4n) is 4.35. The third kappa shape index (κ3) is 3.16. The molecule has 1 aromatic heterocycles. The van der Waals surface area contributed by atoms with E-state index in [0.29, 0.717) is 12.1 Å². The van der Waals surface area contributed by atoms with Gasteiger partial charge in [-0.25, -0.2) is 0 Å². The summed E-state index contributed by atoms with van der Waals surface area (Å²) in [5, 5.41) is 3.93. The summed E-state index contributed by atoms with van der Waals surface area (Å²) in [6.45, 7) is 0.597. The van der Waals surface area contributed by atoms with Crippen molar-refractivity contribution in [1.82, 2.24) is 9.88 Å². The van der Waals surface area contributed by atoms with Gasteiger partial charge in [-0.3, -0.25) is 9.59 Å². The molecule has 138 valence electrons. The van der Waals surface area contributed by atoms with Crippen LogP contribution in [0.15, 0.2) is 65.5 Å². The zero-order valence-electron chi connectivity index (χ0n) is 15.6. The van der Waals surface area contributed by atoms with Crippen LogP contribution in [0.5, 0.6) is 0 Å². The lowest BCUT2D eigenvalue weighted by Gasteiger charge is -2.30. The molecule has 1 saturated carbocycles. The smallest absolute Gasteiger partial charge is 0.252 e. The predicted molar refractivity (Wildman–Crippen MR) is 108 cm³/mol.